The lowest BCUT2D eigenvalue weighted by molar-refractivity contribution is -0.179. The number of hydrogen-bond acceptors (Lipinski definition) is 5. The number of H-pyrrole nitrogens is 1. The van der Waals surface area contributed by atoms with E-state index in [9.17, 15) is 22.4 Å². The number of nitrogens with one attached hydrogen (secondary N) is 1. The Hall–Kier alpha value is -3.99. The Kier molecular flexibility index (Phi) is 5.24. The van der Waals surface area contributed by atoms with Crippen LogP contribution in [0.5, 0.6) is 0 Å². The summed E-state index contributed by atoms with van der Waals surface area (Å²) in [5, 5.41) is 0. The van der Waals surface area contributed by atoms with Crippen molar-refractivity contribution in [2.75, 3.05) is 18.0 Å². The Morgan fingerprint density at radius 3 is 2.54 bits per heavy atom. The number of anilines is 1. The van der Waals surface area contributed by atoms with Crippen molar-refractivity contribution in [3.63, 3.8) is 0 Å². The minimum Gasteiger partial charge on any atom is -0.368 e. The van der Waals surface area contributed by atoms with Crippen LogP contribution in [0.3, 0.4) is 0 Å². The molecular formula is C24H20F4N6O. The topological polar surface area (TPSA) is 114 Å². The Morgan fingerprint density at radius 2 is 1.86 bits per heavy atom. The lowest BCUT2D eigenvalue weighted by atomic mass is 9.98. The van der Waals surface area contributed by atoms with Crippen molar-refractivity contribution in [3.05, 3.63) is 66.2 Å². The molecule has 5 rings (SSSR count). The molecule has 7 nitrogen and oxygen atoms in total. The van der Waals surface area contributed by atoms with Gasteiger partial charge in [-0.25, -0.2) is 9.37 Å². The highest BCUT2D eigenvalue weighted by molar-refractivity contribution is 5.96. The van der Waals surface area contributed by atoms with E-state index in [4.69, 9.17) is 11.5 Å². The number of benzene rings is 2. The van der Waals surface area contributed by atoms with Gasteiger partial charge < -0.3 is 21.4 Å². The Morgan fingerprint density at radius 1 is 1.11 bits per heavy atom. The maximum atomic E-state index is 14.3. The third kappa shape index (κ3) is 3.87. The summed E-state index contributed by atoms with van der Waals surface area (Å²) < 4.78 is 55.5. The fraction of sp³-hybridized carbons (Fsp3) is 0.208. The molecule has 2 aromatic heterocycles. The summed E-state index contributed by atoms with van der Waals surface area (Å²) in [5.41, 5.74) is 11.3. The fourth-order valence-corrected chi connectivity index (χ4v) is 4.40. The number of rotatable bonds is 4. The average molecular weight is 484 g/mol. The number of amides is 1. The summed E-state index contributed by atoms with van der Waals surface area (Å²) in [4.78, 5) is 24.9. The summed E-state index contributed by atoms with van der Waals surface area (Å²) in [7, 11) is 0. The first-order chi connectivity index (χ1) is 16.6. The number of imidazole rings is 1. The van der Waals surface area contributed by atoms with Gasteiger partial charge in [-0.15, -0.1) is 0 Å². The van der Waals surface area contributed by atoms with E-state index in [1.165, 1.54) is 35.5 Å². The molecule has 0 radical (unpaired) electrons. The van der Waals surface area contributed by atoms with Crippen molar-refractivity contribution in [1.82, 2.24) is 15.0 Å². The molecule has 0 spiro atoms. The first-order valence-corrected chi connectivity index (χ1v) is 10.7. The minimum absolute atomic E-state index is 0.0180. The molecule has 0 aliphatic carbocycles. The first-order valence-electron chi connectivity index (χ1n) is 10.7. The molecule has 0 saturated carbocycles. The van der Waals surface area contributed by atoms with Gasteiger partial charge in [0.05, 0.1) is 16.8 Å². The van der Waals surface area contributed by atoms with Crippen LogP contribution in [0, 0.1) is 5.82 Å². The predicted molar refractivity (Wildman–Crippen MR) is 123 cm³/mol. The first kappa shape index (κ1) is 22.8. The van der Waals surface area contributed by atoms with E-state index in [0.29, 0.717) is 27.9 Å². The largest absolute Gasteiger partial charge is 0.408 e. The van der Waals surface area contributed by atoms with Gasteiger partial charge in [0, 0.05) is 36.6 Å². The summed E-state index contributed by atoms with van der Waals surface area (Å²) in [6, 6.07) is 10.8. The molecule has 1 aliphatic rings. The molecule has 180 valence electrons. The van der Waals surface area contributed by atoms with E-state index >= 15 is 0 Å². The number of alkyl halides is 3. The van der Waals surface area contributed by atoms with Gasteiger partial charge in [-0.1, -0.05) is 18.2 Å². The smallest absolute Gasteiger partial charge is 0.368 e. The van der Waals surface area contributed by atoms with E-state index in [2.05, 4.69) is 15.0 Å². The van der Waals surface area contributed by atoms with Gasteiger partial charge in [0.15, 0.2) is 5.82 Å². The molecule has 1 saturated heterocycles. The van der Waals surface area contributed by atoms with Crippen LogP contribution >= 0.6 is 0 Å². The molecule has 0 bridgehead atoms. The fourth-order valence-electron chi connectivity index (χ4n) is 4.40. The van der Waals surface area contributed by atoms with Crippen LogP contribution in [0.2, 0.25) is 0 Å². The number of primary amides is 1. The van der Waals surface area contributed by atoms with Gasteiger partial charge >= 0.3 is 6.18 Å². The quantitative estimate of drug-likeness (QED) is 0.379. The Bertz CT molecular complexity index is 1450. The SMILES string of the molecule is NC(=O)c1cccc(-c2cncc(-c3nc4c(F)cccc4[nH]3)c2N2CCC(N)(C(F)(F)F)C2)c1. The van der Waals surface area contributed by atoms with Crippen molar-refractivity contribution >= 4 is 22.6 Å². The zero-order chi connectivity index (χ0) is 25.0. The van der Waals surface area contributed by atoms with Crippen LogP contribution in [0.1, 0.15) is 16.8 Å². The van der Waals surface area contributed by atoms with E-state index < -0.39 is 30.0 Å². The van der Waals surface area contributed by atoms with Gasteiger partial charge in [-0.3, -0.25) is 9.78 Å². The second kappa shape index (κ2) is 8.05. The van der Waals surface area contributed by atoms with Gasteiger partial charge in [0.2, 0.25) is 5.91 Å². The van der Waals surface area contributed by atoms with Gasteiger partial charge in [-0.05, 0) is 36.2 Å². The number of para-hydroxylation sites is 1. The van der Waals surface area contributed by atoms with Crippen LogP contribution in [0.15, 0.2) is 54.9 Å². The molecule has 35 heavy (non-hydrogen) atoms. The zero-order valence-electron chi connectivity index (χ0n) is 18.2. The van der Waals surface area contributed by atoms with E-state index in [0.717, 1.165) is 0 Å². The van der Waals surface area contributed by atoms with Gasteiger partial charge in [0.25, 0.3) is 0 Å². The van der Waals surface area contributed by atoms with Crippen molar-refractivity contribution in [3.8, 4) is 22.5 Å². The number of pyridine rings is 1. The normalized spacial score (nSPS) is 18.4. The second-order valence-corrected chi connectivity index (χ2v) is 8.58. The van der Waals surface area contributed by atoms with Crippen LogP contribution in [0.4, 0.5) is 23.2 Å². The van der Waals surface area contributed by atoms with Gasteiger partial charge in [-0.2, -0.15) is 13.2 Å². The number of hydrogen-bond donors (Lipinski definition) is 3. The van der Waals surface area contributed by atoms with Gasteiger partial charge in [0.1, 0.15) is 16.9 Å². The molecular weight excluding hydrogens is 464 g/mol. The predicted octanol–water partition coefficient (Wildman–Crippen LogP) is 4.00. The minimum atomic E-state index is -4.61. The third-order valence-corrected chi connectivity index (χ3v) is 6.28. The molecule has 1 atom stereocenters. The molecule has 3 heterocycles. The van der Waals surface area contributed by atoms with Crippen LogP contribution in [0.25, 0.3) is 33.5 Å². The Labute approximate surface area is 196 Å². The monoisotopic (exact) mass is 484 g/mol. The number of halogens is 4. The molecule has 1 amide bonds. The molecule has 1 unspecified atom stereocenters. The summed E-state index contributed by atoms with van der Waals surface area (Å²) >= 11 is 0. The number of nitrogens with zero attached hydrogens (tertiary/aromatic N) is 3. The van der Waals surface area contributed by atoms with Crippen LogP contribution in [-0.4, -0.2) is 45.7 Å². The number of aromatic amines is 1. The number of nitrogens with two attached hydrogens (primary N) is 2. The maximum absolute atomic E-state index is 14.3. The Balaban J connectivity index is 1.72. The lowest BCUT2D eigenvalue weighted by Crippen LogP contribution is -2.55. The summed E-state index contributed by atoms with van der Waals surface area (Å²) in [5.74, 6) is -0.949. The van der Waals surface area contributed by atoms with Crippen molar-refractivity contribution < 1.29 is 22.4 Å². The number of aromatic nitrogens is 3. The molecule has 1 fully saturated rings. The van der Waals surface area contributed by atoms with Crippen LogP contribution < -0.4 is 16.4 Å². The molecule has 11 heteroatoms. The molecule has 2 aromatic carbocycles. The summed E-state index contributed by atoms with van der Waals surface area (Å²) in [6.45, 7) is -0.477. The number of carbonyl (C=O) groups excluding carboxylic acids is 1. The molecule has 4 aromatic rings. The highest BCUT2D eigenvalue weighted by Crippen LogP contribution is 2.44. The average Bonchev–Trinajstić information content (AvgIpc) is 3.44. The third-order valence-electron chi connectivity index (χ3n) is 6.28. The van der Waals surface area contributed by atoms with Crippen molar-refractivity contribution in [1.29, 1.82) is 0 Å². The second-order valence-electron chi connectivity index (χ2n) is 8.58. The zero-order valence-corrected chi connectivity index (χ0v) is 18.2. The van der Waals surface area contributed by atoms with E-state index in [1.54, 1.807) is 24.3 Å². The highest BCUT2D eigenvalue weighted by Gasteiger charge is 2.55. The van der Waals surface area contributed by atoms with E-state index in [1.807, 2.05) is 0 Å². The molecule has 5 N–H and O–H groups in total. The van der Waals surface area contributed by atoms with E-state index in [-0.39, 0.29) is 29.9 Å². The standard InChI is InChI=1S/C24H20F4N6O/c25-17-5-2-6-18-19(17)33-22(32-18)16-11-31-10-15(13-3-1-4-14(9-13)21(29)35)20(16)34-8-7-23(30,12-34)24(26,27)28/h1-6,9-11H,7-8,12,30H2,(H2,29,35)(H,32,33). The lowest BCUT2D eigenvalue weighted by Gasteiger charge is -2.29. The molecule has 1 aliphatic heterocycles. The maximum Gasteiger partial charge on any atom is 0.408 e. The van der Waals surface area contributed by atoms with Crippen molar-refractivity contribution in [2.24, 2.45) is 11.5 Å². The van der Waals surface area contributed by atoms with Crippen LogP contribution in [-0.2, 0) is 0 Å². The summed E-state index contributed by atoms with van der Waals surface area (Å²) in [6.07, 6.45) is -1.97. The number of carbonyl (C=O) groups is 1. The highest BCUT2D eigenvalue weighted by atomic mass is 19.4. The van der Waals surface area contributed by atoms with Crippen molar-refractivity contribution in [2.45, 2.75) is 18.1 Å². The number of fused-ring (bicyclic) bond motifs is 1.